The highest BCUT2D eigenvalue weighted by atomic mass is 127. The van der Waals surface area contributed by atoms with Crippen molar-refractivity contribution in [3.8, 4) is 5.82 Å². The fourth-order valence-electron chi connectivity index (χ4n) is 3.25. The Bertz CT molecular complexity index is 715. The zero-order valence-electron chi connectivity index (χ0n) is 15.9. The van der Waals surface area contributed by atoms with Crippen LogP contribution < -0.4 is 5.32 Å². The van der Waals surface area contributed by atoms with Gasteiger partial charge in [-0.05, 0) is 31.2 Å². The van der Waals surface area contributed by atoms with E-state index < -0.39 is 0 Å². The van der Waals surface area contributed by atoms with Crippen molar-refractivity contribution in [2.24, 2.45) is 10.4 Å². The highest BCUT2D eigenvalue weighted by Crippen LogP contribution is 2.32. The zero-order valence-corrected chi connectivity index (χ0v) is 18.2. The number of likely N-dealkylation sites (tertiary alicyclic amines) is 1. The summed E-state index contributed by atoms with van der Waals surface area (Å²) in [6, 6.07) is 4.04. The van der Waals surface area contributed by atoms with E-state index in [0.29, 0.717) is 12.0 Å². The summed E-state index contributed by atoms with van der Waals surface area (Å²) in [5.74, 6) is 1.89. The van der Waals surface area contributed by atoms with Gasteiger partial charge >= 0.3 is 0 Å². The number of pyridine rings is 1. The molecule has 1 unspecified atom stereocenters. The lowest BCUT2D eigenvalue weighted by Crippen LogP contribution is -2.41. The van der Waals surface area contributed by atoms with E-state index in [1.807, 2.05) is 16.8 Å². The van der Waals surface area contributed by atoms with Crippen molar-refractivity contribution >= 4 is 29.9 Å². The average Bonchev–Trinajstić information content (AvgIpc) is 3.29. The number of halogens is 1. The molecule has 1 N–H and O–H groups in total. The Labute approximate surface area is 173 Å². The lowest BCUT2D eigenvalue weighted by atomic mass is 9.87. The molecule has 142 valence electrons. The van der Waals surface area contributed by atoms with Crippen molar-refractivity contribution in [1.82, 2.24) is 24.8 Å². The van der Waals surface area contributed by atoms with Crippen LogP contribution in [0, 0.1) is 5.41 Å². The molecule has 7 heteroatoms. The van der Waals surface area contributed by atoms with Crippen molar-refractivity contribution in [3.63, 3.8) is 0 Å². The van der Waals surface area contributed by atoms with Gasteiger partial charge in [-0.25, -0.2) is 15.0 Å². The monoisotopic (exact) mass is 468 g/mol. The van der Waals surface area contributed by atoms with Crippen LogP contribution in [0.15, 0.2) is 42.0 Å². The van der Waals surface area contributed by atoms with Gasteiger partial charge in [0.2, 0.25) is 0 Å². The number of nitrogens with zero attached hydrogens (tertiary/aromatic N) is 5. The van der Waals surface area contributed by atoms with E-state index in [-0.39, 0.29) is 24.0 Å². The van der Waals surface area contributed by atoms with Gasteiger partial charge in [0, 0.05) is 43.8 Å². The van der Waals surface area contributed by atoms with Gasteiger partial charge in [-0.1, -0.05) is 19.9 Å². The predicted octanol–water partition coefficient (Wildman–Crippen LogP) is 3.47. The Morgan fingerprint density at radius 1 is 1.35 bits per heavy atom. The highest BCUT2D eigenvalue weighted by molar-refractivity contribution is 14.0. The molecular formula is C19H29IN6. The fourth-order valence-corrected chi connectivity index (χ4v) is 3.25. The summed E-state index contributed by atoms with van der Waals surface area (Å²) in [5.41, 5.74) is 1.49. The molecule has 3 rings (SSSR count). The molecular weight excluding hydrogens is 439 g/mol. The van der Waals surface area contributed by atoms with E-state index in [0.717, 1.165) is 37.0 Å². The van der Waals surface area contributed by atoms with Gasteiger partial charge in [0.25, 0.3) is 0 Å². The Kier molecular flexibility index (Phi) is 7.43. The topological polar surface area (TPSA) is 58.3 Å². The van der Waals surface area contributed by atoms with E-state index in [1.165, 1.54) is 12.8 Å². The summed E-state index contributed by atoms with van der Waals surface area (Å²) >= 11 is 0. The molecule has 1 atom stereocenters. The molecule has 2 aromatic rings. The molecule has 0 spiro atoms. The molecule has 0 saturated carbocycles. The lowest BCUT2D eigenvalue weighted by molar-refractivity contribution is 0.322. The second-order valence-electron chi connectivity index (χ2n) is 6.96. The van der Waals surface area contributed by atoms with Crippen LogP contribution in [-0.4, -0.2) is 45.0 Å². The first kappa shape index (κ1) is 20.7. The van der Waals surface area contributed by atoms with Crippen LogP contribution in [0.5, 0.6) is 0 Å². The van der Waals surface area contributed by atoms with Gasteiger partial charge in [-0.3, -0.25) is 4.57 Å². The minimum Gasteiger partial charge on any atom is -0.357 e. The molecule has 0 aliphatic carbocycles. The summed E-state index contributed by atoms with van der Waals surface area (Å²) < 4.78 is 1.93. The Morgan fingerprint density at radius 3 is 2.85 bits per heavy atom. The van der Waals surface area contributed by atoms with Crippen LogP contribution in [-0.2, 0) is 6.54 Å². The zero-order chi connectivity index (χ0) is 17.7. The molecule has 1 saturated heterocycles. The third-order valence-corrected chi connectivity index (χ3v) is 5.06. The number of hydrogen-bond donors (Lipinski definition) is 1. The quantitative estimate of drug-likeness (QED) is 0.415. The van der Waals surface area contributed by atoms with E-state index in [1.54, 1.807) is 18.7 Å². The Hall–Kier alpha value is -1.64. The Morgan fingerprint density at radius 2 is 2.19 bits per heavy atom. The minimum absolute atomic E-state index is 0. The van der Waals surface area contributed by atoms with Gasteiger partial charge in [-0.15, -0.1) is 24.0 Å². The number of aliphatic imine (C=N–C) groups is 1. The number of nitrogens with one attached hydrogen (secondary N) is 1. The van der Waals surface area contributed by atoms with Crippen molar-refractivity contribution in [2.75, 3.05) is 19.6 Å². The van der Waals surface area contributed by atoms with Crippen molar-refractivity contribution in [2.45, 2.75) is 40.2 Å². The standard InChI is InChI=1S/C19H28N6.HI/c1-4-19(3)8-11-24(14-19)18(21-5-2)23-13-16-7-6-9-22-17(16)25-12-10-20-15-25;/h6-7,9-10,12,15H,4-5,8,11,13-14H2,1-3H3,(H,21,23);1H. The van der Waals surface area contributed by atoms with Gasteiger partial charge in [0.05, 0.1) is 6.54 Å². The molecule has 6 nitrogen and oxygen atoms in total. The summed E-state index contributed by atoms with van der Waals surface area (Å²) in [4.78, 5) is 15.9. The van der Waals surface area contributed by atoms with Crippen LogP contribution in [0.3, 0.4) is 0 Å². The van der Waals surface area contributed by atoms with Crippen molar-refractivity contribution in [1.29, 1.82) is 0 Å². The molecule has 0 amide bonds. The van der Waals surface area contributed by atoms with Gasteiger partial charge in [-0.2, -0.15) is 0 Å². The first-order valence-corrected chi connectivity index (χ1v) is 9.10. The van der Waals surface area contributed by atoms with E-state index in [2.05, 4.69) is 47.0 Å². The van der Waals surface area contributed by atoms with Crippen LogP contribution in [0.25, 0.3) is 5.82 Å². The number of imidazole rings is 1. The smallest absolute Gasteiger partial charge is 0.194 e. The summed E-state index contributed by atoms with van der Waals surface area (Å²) in [5, 5.41) is 3.45. The van der Waals surface area contributed by atoms with E-state index in [4.69, 9.17) is 4.99 Å². The first-order chi connectivity index (χ1) is 12.1. The lowest BCUT2D eigenvalue weighted by Gasteiger charge is -2.25. The van der Waals surface area contributed by atoms with Crippen LogP contribution in [0.1, 0.15) is 39.2 Å². The summed E-state index contributed by atoms with van der Waals surface area (Å²) in [6.07, 6.45) is 9.68. The molecule has 26 heavy (non-hydrogen) atoms. The summed E-state index contributed by atoms with van der Waals surface area (Å²) in [6.45, 7) is 10.4. The van der Waals surface area contributed by atoms with E-state index >= 15 is 0 Å². The molecule has 0 aromatic carbocycles. The third kappa shape index (κ3) is 4.75. The third-order valence-electron chi connectivity index (χ3n) is 5.06. The van der Waals surface area contributed by atoms with Crippen LogP contribution in [0.2, 0.25) is 0 Å². The second-order valence-corrected chi connectivity index (χ2v) is 6.96. The molecule has 0 radical (unpaired) electrons. The predicted molar refractivity (Wildman–Crippen MR) is 116 cm³/mol. The second kappa shape index (κ2) is 9.34. The van der Waals surface area contributed by atoms with Gasteiger partial charge in [0.15, 0.2) is 5.96 Å². The molecule has 3 heterocycles. The Balaban J connectivity index is 0.00000243. The average molecular weight is 468 g/mol. The van der Waals surface area contributed by atoms with Gasteiger partial charge in [0.1, 0.15) is 12.1 Å². The maximum atomic E-state index is 4.89. The maximum Gasteiger partial charge on any atom is 0.194 e. The van der Waals surface area contributed by atoms with Crippen LogP contribution >= 0.6 is 24.0 Å². The van der Waals surface area contributed by atoms with E-state index in [9.17, 15) is 0 Å². The molecule has 1 aliphatic rings. The molecule has 0 bridgehead atoms. The molecule has 2 aromatic heterocycles. The fraction of sp³-hybridized carbons (Fsp3) is 0.526. The molecule has 1 fully saturated rings. The number of rotatable bonds is 5. The van der Waals surface area contributed by atoms with Crippen LogP contribution in [0.4, 0.5) is 0 Å². The van der Waals surface area contributed by atoms with Crippen molar-refractivity contribution < 1.29 is 0 Å². The highest BCUT2D eigenvalue weighted by Gasteiger charge is 2.33. The number of aromatic nitrogens is 3. The van der Waals surface area contributed by atoms with Crippen molar-refractivity contribution in [3.05, 3.63) is 42.6 Å². The van der Waals surface area contributed by atoms with Gasteiger partial charge < -0.3 is 10.2 Å². The number of guanidine groups is 1. The normalized spacial score (nSPS) is 20.1. The number of hydrogen-bond acceptors (Lipinski definition) is 3. The first-order valence-electron chi connectivity index (χ1n) is 9.10. The SMILES string of the molecule is CCNC(=NCc1cccnc1-n1ccnc1)N1CCC(C)(CC)C1.I. The maximum absolute atomic E-state index is 4.89. The summed E-state index contributed by atoms with van der Waals surface area (Å²) in [7, 11) is 0. The largest absolute Gasteiger partial charge is 0.357 e. The minimum atomic E-state index is 0. The molecule has 1 aliphatic heterocycles.